The van der Waals surface area contributed by atoms with Gasteiger partial charge in [0, 0.05) is 5.88 Å². The van der Waals surface area contributed by atoms with Gasteiger partial charge in [0.15, 0.2) is 0 Å². The highest BCUT2D eigenvalue weighted by Gasteiger charge is 2.60. The third kappa shape index (κ3) is 1.79. The van der Waals surface area contributed by atoms with Crippen molar-refractivity contribution in [2.45, 2.75) is 47.5 Å². The van der Waals surface area contributed by atoms with Gasteiger partial charge in [0.25, 0.3) is 0 Å². The van der Waals surface area contributed by atoms with Gasteiger partial charge in [0.1, 0.15) is 0 Å². The number of hydrogen-bond donors (Lipinski definition) is 0. The lowest BCUT2D eigenvalue weighted by molar-refractivity contribution is 0.255. The predicted octanol–water partition coefficient (Wildman–Crippen LogP) is 4.08. The summed E-state index contributed by atoms with van der Waals surface area (Å²) in [4.78, 5) is 0. The quantitative estimate of drug-likeness (QED) is 0.573. The molecule has 1 unspecified atom stereocenters. The fourth-order valence-electron chi connectivity index (χ4n) is 2.39. The molecule has 0 aromatic heterocycles. The van der Waals surface area contributed by atoms with E-state index in [2.05, 4.69) is 34.6 Å². The van der Waals surface area contributed by atoms with Crippen LogP contribution in [0.2, 0.25) is 0 Å². The molecule has 0 N–H and O–H groups in total. The van der Waals surface area contributed by atoms with Gasteiger partial charge in [-0.1, -0.05) is 34.6 Å². The molecule has 0 amide bonds. The maximum atomic E-state index is 6.05. The van der Waals surface area contributed by atoms with E-state index in [1.807, 2.05) is 0 Å². The standard InChI is InChI=1S/C11H21Cl/c1-9(2,3)6-11(8-12)7-10(11,4)5/h6-8H2,1-5H3. The normalized spacial score (nSPS) is 33.5. The van der Waals surface area contributed by atoms with E-state index < -0.39 is 0 Å². The predicted molar refractivity (Wildman–Crippen MR) is 55.6 cm³/mol. The Balaban J connectivity index is 2.62. The average Bonchev–Trinajstić information content (AvgIpc) is 2.30. The van der Waals surface area contributed by atoms with Gasteiger partial charge < -0.3 is 0 Å². The van der Waals surface area contributed by atoms with Crippen molar-refractivity contribution in [3.63, 3.8) is 0 Å². The largest absolute Gasteiger partial charge is 0.126 e. The van der Waals surface area contributed by atoms with Crippen LogP contribution in [-0.4, -0.2) is 5.88 Å². The first-order chi connectivity index (χ1) is 5.22. The molecular formula is C11H21Cl. The van der Waals surface area contributed by atoms with E-state index in [9.17, 15) is 0 Å². The van der Waals surface area contributed by atoms with Crippen LogP contribution in [0.25, 0.3) is 0 Å². The summed E-state index contributed by atoms with van der Waals surface area (Å²) in [7, 11) is 0. The van der Waals surface area contributed by atoms with Crippen LogP contribution in [0.5, 0.6) is 0 Å². The molecule has 0 aromatic rings. The summed E-state index contributed by atoms with van der Waals surface area (Å²) >= 11 is 6.05. The van der Waals surface area contributed by atoms with Crippen LogP contribution in [0, 0.1) is 16.2 Å². The van der Waals surface area contributed by atoms with Crippen molar-refractivity contribution in [3.05, 3.63) is 0 Å². The van der Waals surface area contributed by atoms with Gasteiger partial charge in [-0.3, -0.25) is 0 Å². The third-order valence-corrected chi connectivity index (χ3v) is 3.73. The number of hydrogen-bond acceptors (Lipinski definition) is 0. The summed E-state index contributed by atoms with van der Waals surface area (Å²) in [5, 5.41) is 0. The number of alkyl halides is 1. The molecule has 0 radical (unpaired) electrons. The molecule has 1 aliphatic rings. The highest BCUT2D eigenvalue weighted by molar-refractivity contribution is 6.18. The zero-order chi connectivity index (χ0) is 9.62. The maximum Gasteiger partial charge on any atom is 0.0285 e. The topological polar surface area (TPSA) is 0 Å². The van der Waals surface area contributed by atoms with Crippen LogP contribution >= 0.6 is 11.6 Å². The Labute approximate surface area is 81.7 Å². The van der Waals surface area contributed by atoms with Crippen LogP contribution < -0.4 is 0 Å². The van der Waals surface area contributed by atoms with Crippen LogP contribution in [0.15, 0.2) is 0 Å². The summed E-state index contributed by atoms with van der Waals surface area (Å²) in [6, 6.07) is 0. The molecule has 0 bridgehead atoms. The Morgan fingerprint density at radius 3 is 1.75 bits per heavy atom. The minimum Gasteiger partial charge on any atom is -0.126 e. The second kappa shape index (κ2) is 2.64. The lowest BCUT2D eigenvalue weighted by Gasteiger charge is -2.27. The molecular weight excluding hydrogens is 168 g/mol. The molecule has 12 heavy (non-hydrogen) atoms. The summed E-state index contributed by atoms with van der Waals surface area (Å²) in [5.74, 6) is 0.831. The minimum atomic E-state index is 0.419. The van der Waals surface area contributed by atoms with E-state index in [1.54, 1.807) is 0 Å². The maximum absolute atomic E-state index is 6.05. The van der Waals surface area contributed by atoms with E-state index in [-0.39, 0.29) is 0 Å². The Morgan fingerprint density at radius 1 is 1.25 bits per heavy atom. The van der Waals surface area contributed by atoms with Crippen LogP contribution in [0.3, 0.4) is 0 Å². The molecule has 0 heterocycles. The lowest BCUT2D eigenvalue weighted by Crippen LogP contribution is -2.19. The molecule has 1 aliphatic carbocycles. The van der Waals surface area contributed by atoms with E-state index >= 15 is 0 Å². The average molecular weight is 189 g/mol. The van der Waals surface area contributed by atoms with E-state index in [0.717, 1.165) is 5.88 Å². The summed E-state index contributed by atoms with van der Waals surface area (Å²) in [5.41, 5.74) is 1.34. The van der Waals surface area contributed by atoms with Crippen molar-refractivity contribution >= 4 is 11.6 Å². The monoisotopic (exact) mass is 188 g/mol. The molecule has 1 heteroatoms. The van der Waals surface area contributed by atoms with Crippen molar-refractivity contribution in [1.29, 1.82) is 0 Å². The van der Waals surface area contributed by atoms with Gasteiger partial charge in [-0.25, -0.2) is 0 Å². The van der Waals surface area contributed by atoms with E-state index in [0.29, 0.717) is 16.2 Å². The van der Waals surface area contributed by atoms with Crippen LogP contribution in [0.4, 0.5) is 0 Å². The van der Waals surface area contributed by atoms with E-state index in [4.69, 9.17) is 11.6 Å². The van der Waals surface area contributed by atoms with Crippen molar-refractivity contribution in [3.8, 4) is 0 Å². The molecule has 1 atom stereocenters. The first-order valence-electron chi connectivity index (χ1n) is 4.79. The Bertz CT molecular complexity index is 176. The van der Waals surface area contributed by atoms with Crippen LogP contribution in [0.1, 0.15) is 47.5 Å². The van der Waals surface area contributed by atoms with Crippen molar-refractivity contribution < 1.29 is 0 Å². The molecule has 1 rings (SSSR count). The first-order valence-corrected chi connectivity index (χ1v) is 5.32. The molecule has 0 saturated heterocycles. The molecule has 72 valence electrons. The number of halogens is 1. The van der Waals surface area contributed by atoms with Gasteiger partial charge in [0.2, 0.25) is 0 Å². The summed E-state index contributed by atoms with van der Waals surface area (Å²) in [6.07, 6.45) is 2.57. The van der Waals surface area contributed by atoms with Gasteiger partial charge in [0.05, 0.1) is 0 Å². The Hall–Kier alpha value is 0.290. The smallest absolute Gasteiger partial charge is 0.0285 e. The fraction of sp³-hybridized carbons (Fsp3) is 1.00. The third-order valence-electron chi connectivity index (χ3n) is 3.22. The minimum absolute atomic E-state index is 0.419. The molecule has 0 nitrogen and oxygen atoms in total. The molecule has 0 aromatic carbocycles. The van der Waals surface area contributed by atoms with Gasteiger partial charge >= 0.3 is 0 Å². The zero-order valence-corrected chi connectivity index (χ0v) is 9.76. The summed E-state index contributed by atoms with van der Waals surface area (Å²) < 4.78 is 0. The lowest BCUT2D eigenvalue weighted by atomic mass is 9.80. The highest BCUT2D eigenvalue weighted by Crippen LogP contribution is 2.68. The second-order valence-electron chi connectivity index (χ2n) is 6.21. The SMILES string of the molecule is CC(C)(C)CC1(CCl)CC1(C)C. The number of rotatable bonds is 2. The van der Waals surface area contributed by atoms with E-state index in [1.165, 1.54) is 12.8 Å². The van der Waals surface area contributed by atoms with Crippen molar-refractivity contribution in [1.82, 2.24) is 0 Å². The van der Waals surface area contributed by atoms with Gasteiger partial charge in [-0.2, -0.15) is 0 Å². The zero-order valence-electron chi connectivity index (χ0n) is 9.00. The first kappa shape index (κ1) is 10.4. The molecule has 0 spiro atoms. The molecule has 1 fully saturated rings. The van der Waals surface area contributed by atoms with Gasteiger partial charge in [-0.15, -0.1) is 11.6 Å². The van der Waals surface area contributed by atoms with Gasteiger partial charge in [-0.05, 0) is 29.1 Å². The highest BCUT2D eigenvalue weighted by atomic mass is 35.5. The van der Waals surface area contributed by atoms with Crippen LogP contribution in [-0.2, 0) is 0 Å². The molecule has 1 saturated carbocycles. The fourth-order valence-corrected chi connectivity index (χ4v) is 2.94. The van der Waals surface area contributed by atoms with Crippen molar-refractivity contribution in [2.24, 2.45) is 16.2 Å². The second-order valence-corrected chi connectivity index (χ2v) is 6.48. The Morgan fingerprint density at radius 2 is 1.67 bits per heavy atom. The van der Waals surface area contributed by atoms with Crippen molar-refractivity contribution in [2.75, 3.05) is 5.88 Å². The Kier molecular flexibility index (Phi) is 2.28. The summed E-state index contributed by atoms with van der Waals surface area (Å²) in [6.45, 7) is 11.6. The molecule has 0 aliphatic heterocycles.